The van der Waals surface area contributed by atoms with Crippen molar-refractivity contribution < 1.29 is 23.9 Å². The number of nitrogens with zero attached hydrogens (tertiary/aromatic N) is 1. The minimum Gasteiger partial charge on any atom is -0.462 e. The maximum atomic E-state index is 11.9. The number of benzene rings is 1. The molecular formula is C16H18N2O5S. The molecule has 1 aromatic heterocycles. The van der Waals surface area contributed by atoms with Gasteiger partial charge in [0.05, 0.1) is 13.7 Å². The molecule has 0 fully saturated rings. The average Bonchev–Trinajstić information content (AvgIpc) is 2.97. The van der Waals surface area contributed by atoms with Gasteiger partial charge in [0.2, 0.25) is 5.91 Å². The highest BCUT2D eigenvalue weighted by Gasteiger charge is 2.14. The van der Waals surface area contributed by atoms with Gasteiger partial charge in [-0.2, -0.15) is 0 Å². The standard InChI is InChI=1S/C16H18N2O5S/c1-4-23-15(20)13-8-10-7-11(5-6-12(10)24-13)17-14(19)9-18(2)16(21)22-3/h5-8H,4,9H2,1-3H3,(H,17,19). The summed E-state index contributed by atoms with van der Waals surface area (Å²) in [6, 6.07) is 7.06. The summed E-state index contributed by atoms with van der Waals surface area (Å²) < 4.78 is 10.4. The summed E-state index contributed by atoms with van der Waals surface area (Å²) in [7, 11) is 2.72. The molecule has 2 rings (SSSR count). The molecule has 128 valence electrons. The molecule has 1 heterocycles. The fraction of sp³-hybridized carbons (Fsp3) is 0.312. The number of rotatable bonds is 5. The van der Waals surface area contributed by atoms with Crippen molar-refractivity contribution in [1.29, 1.82) is 0 Å². The van der Waals surface area contributed by atoms with Crippen LogP contribution in [-0.4, -0.2) is 50.2 Å². The van der Waals surface area contributed by atoms with E-state index in [0.29, 0.717) is 17.2 Å². The Balaban J connectivity index is 2.09. The molecule has 0 aliphatic heterocycles. The molecule has 7 nitrogen and oxygen atoms in total. The fourth-order valence-corrected chi connectivity index (χ4v) is 3.00. The van der Waals surface area contributed by atoms with Gasteiger partial charge < -0.3 is 19.7 Å². The predicted octanol–water partition coefficient (Wildman–Crippen LogP) is 2.71. The Bertz CT molecular complexity index is 771. The number of nitrogens with one attached hydrogen (secondary N) is 1. The minimum absolute atomic E-state index is 0.123. The molecule has 0 aliphatic rings. The molecule has 2 aromatic rings. The third-order valence-corrected chi connectivity index (χ3v) is 4.24. The van der Waals surface area contributed by atoms with Crippen LogP contribution in [0.3, 0.4) is 0 Å². The van der Waals surface area contributed by atoms with Crippen LogP contribution < -0.4 is 5.32 Å². The molecule has 8 heteroatoms. The molecule has 0 saturated heterocycles. The van der Waals surface area contributed by atoms with Crippen molar-refractivity contribution in [3.8, 4) is 0 Å². The van der Waals surface area contributed by atoms with E-state index in [-0.39, 0.29) is 18.4 Å². The Kier molecular flexibility index (Phi) is 5.75. The topological polar surface area (TPSA) is 84.9 Å². The van der Waals surface area contributed by atoms with Crippen molar-refractivity contribution >= 4 is 45.1 Å². The lowest BCUT2D eigenvalue weighted by Crippen LogP contribution is -2.34. The van der Waals surface area contributed by atoms with E-state index in [1.165, 1.54) is 25.5 Å². The predicted molar refractivity (Wildman–Crippen MR) is 91.4 cm³/mol. The van der Waals surface area contributed by atoms with E-state index in [4.69, 9.17) is 4.74 Å². The van der Waals surface area contributed by atoms with E-state index in [1.54, 1.807) is 25.1 Å². The first-order valence-corrected chi connectivity index (χ1v) is 8.06. The van der Waals surface area contributed by atoms with Crippen molar-refractivity contribution in [2.24, 2.45) is 0 Å². The zero-order chi connectivity index (χ0) is 17.7. The Morgan fingerprint density at radius 1 is 1.25 bits per heavy atom. The van der Waals surface area contributed by atoms with Gasteiger partial charge >= 0.3 is 12.1 Å². The highest BCUT2D eigenvalue weighted by molar-refractivity contribution is 7.20. The SMILES string of the molecule is CCOC(=O)c1cc2cc(NC(=O)CN(C)C(=O)OC)ccc2s1. The number of amides is 2. The molecule has 2 amide bonds. The zero-order valence-electron chi connectivity index (χ0n) is 13.6. The lowest BCUT2D eigenvalue weighted by atomic mass is 10.2. The first kappa shape index (κ1) is 17.7. The highest BCUT2D eigenvalue weighted by atomic mass is 32.1. The number of carbonyl (C=O) groups is 3. The van der Waals surface area contributed by atoms with E-state index in [9.17, 15) is 14.4 Å². The maximum absolute atomic E-state index is 11.9. The number of carbonyl (C=O) groups excluding carboxylic acids is 3. The molecule has 0 spiro atoms. The van der Waals surface area contributed by atoms with Crippen LogP contribution in [0.1, 0.15) is 16.6 Å². The minimum atomic E-state index is -0.586. The second-order valence-electron chi connectivity index (χ2n) is 4.96. The smallest absolute Gasteiger partial charge is 0.409 e. The Hall–Kier alpha value is -2.61. The van der Waals surface area contributed by atoms with E-state index in [2.05, 4.69) is 10.1 Å². The van der Waals surface area contributed by atoms with Crippen LogP contribution in [0.5, 0.6) is 0 Å². The van der Waals surface area contributed by atoms with E-state index in [1.807, 2.05) is 6.07 Å². The lowest BCUT2D eigenvalue weighted by molar-refractivity contribution is -0.116. The molecule has 0 aliphatic carbocycles. The van der Waals surface area contributed by atoms with Crippen molar-refractivity contribution in [1.82, 2.24) is 4.90 Å². The summed E-state index contributed by atoms with van der Waals surface area (Å²) >= 11 is 1.33. The molecule has 0 atom stereocenters. The number of thiophene rings is 1. The Morgan fingerprint density at radius 3 is 2.67 bits per heavy atom. The molecule has 0 unspecified atom stereocenters. The Morgan fingerprint density at radius 2 is 2.00 bits per heavy atom. The average molecular weight is 350 g/mol. The van der Waals surface area contributed by atoms with Gasteiger partial charge in [-0.15, -0.1) is 11.3 Å². The summed E-state index contributed by atoms with van der Waals surface area (Å²) in [6.07, 6.45) is -0.586. The number of anilines is 1. The molecule has 1 N–H and O–H groups in total. The van der Waals surface area contributed by atoms with Crippen LogP contribution in [0.25, 0.3) is 10.1 Å². The molecule has 24 heavy (non-hydrogen) atoms. The molecule has 1 aromatic carbocycles. The third kappa shape index (κ3) is 4.23. The number of likely N-dealkylation sites (N-methyl/N-ethyl adjacent to an activating group) is 1. The van der Waals surface area contributed by atoms with Gasteiger partial charge in [0.1, 0.15) is 11.4 Å². The molecule has 0 bridgehead atoms. The Labute approximate surface area is 143 Å². The second-order valence-corrected chi connectivity index (χ2v) is 6.04. The van der Waals surface area contributed by atoms with Gasteiger partial charge in [-0.1, -0.05) is 0 Å². The summed E-state index contributed by atoms with van der Waals surface area (Å²) in [5, 5.41) is 3.54. The van der Waals surface area contributed by atoms with E-state index in [0.717, 1.165) is 15.0 Å². The summed E-state index contributed by atoms with van der Waals surface area (Å²) in [6.45, 7) is 1.95. The molecular weight excluding hydrogens is 332 g/mol. The number of esters is 1. The van der Waals surface area contributed by atoms with E-state index < -0.39 is 6.09 Å². The molecule has 0 saturated carbocycles. The van der Waals surface area contributed by atoms with Crippen molar-refractivity contribution in [3.05, 3.63) is 29.1 Å². The summed E-state index contributed by atoms with van der Waals surface area (Å²) in [5.74, 6) is -0.702. The summed E-state index contributed by atoms with van der Waals surface area (Å²) in [4.78, 5) is 36.7. The van der Waals surface area contributed by atoms with Crippen molar-refractivity contribution in [2.75, 3.05) is 32.6 Å². The van der Waals surface area contributed by atoms with Crippen LogP contribution in [0.2, 0.25) is 0 Å². The second kappa shape index (κ2) is 7.78. The quantitative estimate of drug-likeness (QED) is 0.838. The number of ether oxygens (including phenoxy) is 2. The number of hydrogen-bond acceptors (Lipinski definition) is 6. The van der Waals surface area contributed by atoms with Gasteiger partial charge in [-0.3, -0.25) is 4.79 Å². The van der Waals surface area contributed by atoms with Crippen LogP contribution in [0, 0.1) is 0 Å². The third-order valence-electron chi connectivity index (χ3n) is 3.14. The fourth-order valence-electron chi connectivity index (χ4n) is 2.06. The van der Waals surface area contributed by atoms with Gasteiger partial charge in [0.25, 0.3) is 0 Å². The number of methoxy groups -OCH3 is 1. The van der Waals surface area contributed by atoms with Gasteiger partial charge in [0, 0.05) is 17.4 Å². The van der Waals surface area contributed by atoms with E-state index >= 15 is 0 Å². The van der Waals surface area contributed by atoms with Crippen LogP contribution >= 0.6 is 11.3 Å². The van der Waals surface area contributed by atoms with Gasteiger partial charge in [-0.05, 0) is 36.6 Å². The van der Waals surface area contributed by atoms with Crippen LogP contribution in [0.4, 0.5) is 10.5 Å². The normalized spacial score (nSPS) is 10.3. The summed E-state index contributed by atoms with van der Waals surface area (Å²) in [5.41, 5.74) is 0.582. The van der Waals surface area contributed by atoms with Crippen LogP contribution in [-0.2, 0) is 14.3 Å². The first-order chi connectivity index (χ1) is 11.4. The first-order valence-electron chi connectivity index (χ1n) is 7.24. The van der Waals surface area contributed by atoms with Crippen molar-refractivity contribution in [3.63, 3.8) is 0 Å². The largest absolute Gasteiger partial charge is 0.462 e. The van der Waals surface area contributed by atoms with Gasteiger partial charge in [0.15, 0.2) is 0 Å². The lowest BCUT2D eigenvalue weighted by Gasteiger charge is -2.14. The van der Waals surface area contributed by atoms with Gasteiger partial charge in [-0.25, -0.2) is 9.59 Å². The van der Waals surface area contributed by atoms with Crippen molar-refractivity contribution in [2.45, 2.75) is 6.92 Å². The number of fused-ring (bicyclic) bond motifs is 1. The molecule has 0 radical (unpaired) electrons. The zero-order valence-corrected chi connectivity index (χ0v) is 14.4. The number of hydrogen-bond donors (Lipinski definition) is 1. The maximum Gasteiger partial charge on any atom is 0.409 e. The highest BCUT2D eigenvalue weighted by Crippen LogP contribution is 2.28. The monoisotopic (exact) mass is 350 g/mol. The van der Waals surface area contributed by atoms with Crippen LogP contribution in [0.15, 0.2) is 24.3 Å².